The van der Waals surface area contributed by atoms with E-state index in [1.807, 2.05) is 16.8 Å². The molecule has 0 spiro atoms. The Morgan fingerprint density at radius 3 is 3.00 bits per heavy atom. The lowest BCUT2D eigenvalue weighted by Gasteiger charge is -2.38. The van der Waals surface area contributed by atoms with Crippen molar-refractivity contribution in [3.63, 3.8) is 0 Å². The van der Waals surface area contributed by atoms with Crippen molar-refractivity contribution in [2.24, 2.45) is 0 Å². The van der Waals surface area contributed by atoms with Gasteiger partial charge in [0.2, 0.25) is 0 Å². The summed E-state index contributed by atoms with van der Waals surface area (Å²) in [7, 11) is 0. The van der Waals surface area contributed by atoms with Crippen molar-refractivity contribution in [1.29, 1.82) is 0 Å². The zero-order chi connectivity index (χ0) is 14.7. The second-order valence-electron chi connectivity index (χ2n) is 5.54. The zero-order valence-corrected chi connectivity index (χ0v) is 12.5. The highest BCUT2D eigenvalue weighted by Gasteiger charge is 2.27. The van der Waals surface area contributed by atoms with Gasteiger partial charge in [-0.2, -0.15) is 0 Å². The summed E-state index contributed by atoms with van der Waals surface area (Å²) >= 11 is 0. The smallest absolute Gasteiger partial charge is 0.180 e. The quantitative estimate of drug-likeness (QED) is 0.815. The second-order valence-corrected chi connectivity index (χ2v) is 5.54. The molecule has 114 valence electrons. The van der Waals surface area contributed by atoms with E-state index in [9.17, 15) is 5.11 Å². The molecule has 1 fully saturated rings. The van der Waals surface area contributed by atoms with Crippen molar-refractivity contribution in [3.8, 4) is 0 Å². The van der Waals surface area contributed by atoms with Crippen molar-refractivity contribution in [2.45, 2.75) is 38.6 Å². The van der Waals surface area contributed by atoms with Crippen LogP contribution in [0.15, 0.2) is 18.6 Å². The minimum Gasteiger partial charge on any atom is -0.395 e. The zero-order valence-electron chi connectivity index (χ0n) is 12.5. The van der Waals surface area contributed by atoms with Gasteiger partial charge in [0.1, 0.15) is 5.82 Å². The van der Waals surface area contributed by atoms with Gasteiger partial charge in [0.05, 0.1) is 12.8 Å². The van der Waals surface area contributed by atoms with Crippen LogP contribution in [0.4, 0.5) is 11.6 Å². The molecule has 1 saturated carbocycles. The van der Waals surface area contributed by atoms with Crippen molar-refractivity contribution in [2.75, 3.05) is 29.9 Å². The van der Waals surface area contributed by atoms with Gasteiger partial charge in [-0.15, -0.1) is 0 Å². The summed E-state index contributed by atoms with van der Waals surface area (Å²) in [4.78, 5) is 11.4. The molecule has 2 heterocycles. The van der Waals surface area contributed by atoms with E-state index in [2.05, 4.69) is 22.1 Å². The molecule has 1 aliphatic rings. The van der Waals surface area contributed by atoms with Crippen LogP contribution in [0.1, 0.15) is 32.6 Å². The third-order valence-electron chi connectivity index (χ3n) is 4.04. The number of anilines is 2. The average molecular weight is 289 g/mol. The standard InChI is InChI=1S/C15H23N5O/c1-2-6-16-13-11-19-8-7-17-14(19)15(18-13)20(9-10-21)12-4-3-5-12/h7-8,11-12,16,21H,2-6,9-10H2,1H3. The third kappa shape index (κ3) is 2.81. The van der Waals surface area contributed by atoms with Gasteiger partial charge in [-0.25, -0.2) is 9.97 Å². The van der Waals surface area contributed by atoms with Gasteiger partial charge in [-0.3, -0.25) is 0 Å². The second kappa shape index (κ2) is 6.30. The van der Waals surface area contributed by atoms with Crippen LogP contribution in [0.3, 0.4) is 0 Å². The predicted octanol–water partition coefficient (Wildman–Crippen LogP) is 1.90. The summed E-state index contributed by atoms with van der Waals surface area (Å²) in [6, 6.07) is 0.478. The van der Waals surface area contributed by atoms with Crippen LogP contribution >= 0.6 is 0 Å². The maximum absolute atomic E-state index is 9.39. The van der Waals surface area contributed by atoms with E-state index in [-0.39, 0.29) is 6.61 Å². The first-order valence-corrected chi connectivity index (χ1v) is 7.78. The summed E-state index contributed by atoms with van der Waals surface area (Å²) in [6.07, 6.45) is 10.4. The Morgan fingerprint density at radius 2 is 2.33 bits per heavy atom. The van der Waals surface area contributed by atoms with E-state index in [4.69, 9.17) is 4.98 Å². The summed E-state index contributed by atoms with van der Waals surface area (Å²) in [5.41, 5.74) is 0.859. The number of nitrogens with one attached hydrogen (secondary N) is 1. The largest absolute Gasteiger partial charge is 0.395 e. The first-order chi connectivity index (χ1) is 10.3. The number of nitrogens with zero attached hydrogens (tertiary/aromatic N) is 4. The molecule has 21 heavy (non-hydrogen) atoms. The van der Waals surface area contributed by atoms with Gasteiger partial charge < -0.3 is 19.7 Å². The van der Waals surface area contributed by atoms with Crippen molar-refractivity contribution in [1.82, 2.24) is 14.4 Å². The molecular weight excluding hydrogens is 266 g/mol. The van der Waals surface area contributed by atoms with E-state index in [0.29, 0.717) is 12.6 Å². The van der Waals surface area contributed by atoms with Gasteiger partial charge in [-0.1, -0.05) is 6.92 Å². The number of fused-ring (bicyclic) bond motifs is 1. The number of hydrogen-bond acceptors (Lipinski definition) is 5. The number of aromatic nitrogens is 3. The Kier molecular flexibility index (Phi) is 4.24. The Morgan fingerprint density at radius 1 is 1.48 bits per heavy atom. The molecule has 2 aromatic rings. The number of aliphatic hydroxyl groups excluding tert-OH is 1. The Hall–Kier alpha value is -1.82. The highest BCUT2D eigenvalue weighted by Crippen LogP contribution is 2.31. The van der Waals surface area contributed by atoms with E-state index in [1.54, 1.807) is 6.20 Å². The van der Waals surface area contributed by atoms with Crippen LogP contribution in [0.2, 0.25) is 0 Å². The summed E-state index contributed by atoms with van der Waals surface area (Å²) < 4.78 is 2.00. The van der Waals surface area contributed by atoms with Crippen molar-refractivity contribution >= 4 is 17.3 Å². The van der Waals surface area contributed by atoms with E-state index >= 15 is 0 Å². The van der Waals surface area contributed by atoms with Gasteiger partial charge >= 0.3 is 0 Å². The fourth-order valence-corrected chi connectivity index (χ4v) is 2.71. The summed E-state index contributed by atoms with van der Waals surface area (Å²) in [6.45, 7) is 3.78. The Balaban J connectivity index is 1.98. The van der Waals surface area contributed by atoms with Crippen LogP contribution in [0, 0.1) is 0 Å². The fraction of sp³-hybridized carbons (Fsp3) is 0.600. The van der Waals surface area contributed by atoms with Crippen molar-refractivity contribution in [3.05, 3.63) is 18.6 Å². The molecule has 0 radical (unpaired) electrons. The van der Waals surface area contributed by atoms with Gasteiger partial charge in [0, 0.05) is 31.5 Å². The Labute approximate surface area is 124 Å². The summed E-state index contributed by atoms with van der Waals surface area (Å²) in [5, 5.41) is 12.7. The third-order valence-corrected chi connectivity index (χ3v) is 4.04. The molecule has 1 aliphatic carbocycles. The van der Waals surface area contributed by atoms with Gasteiger partial charge in [0.25, 0.3) is 0 Å². The highest BCUT2D eigenvalue weighted by molar-refractivity contribution is 5.67. The monoisotopic (exact) mass is 289 g/mol. The minimum absolute atomic E-state index is 0.137. The van der Waals surface area contributed by atoms with Crippen LogP contribution in [0.25, 0.3) is 5.65 Å². The molecular formula is C15H23N5O. The number of hydrogen-bond donors (Lipinski definition) is 2. The van der Waals surface area contributed by atoms with Crippen LogP contribution in [-0.2, 0) is 0 Å². The molecule has 6 heteroatoms. The molecule has 3 rings (SSSR count). The molecule has 0 aromatic carbocycles. The normalized spacial score (nSPS) is 15.1. The molecule has 0 amide bonds. The average Bonchev–Trinajstić information content (AvgIpc) is 2.90. The van der Waals surface area contributed by atoms with Crippen LogP contribution in [0.5, 0.6) is 0 Å². The van der Waals surface area contributed by atoms with E-state index in [0.717, 1.165) is 30.2 Å². The molecule has 2 N–H and O–H groups in total. The minimum atomic E-state index is 0.137. The first kappa shape index (κ1) is 14.1. The number of rotatable bonds is 7. The van der Waals surface area contributed by atoms with E-state index in [1.165, 1.54) is 19.3 Å². The van der Waals surface area contributed by atoms with E-state index < -0.39 is 0 Å². The van der Waals surface area contributed by atoms with Crippen molar-refractivity contribution < 1.29 is 5.11 Å². The number of imidazole rings is 1. The van der Waals surface area contributed by atoms with Crippen LogP contribution in [-0.4, -0.2) is 45.2 Å². The Bertz CT molecular complexity index is 593. The maximum atomic E-state index is 9.39. The maximum Gasteiger partial charge on any atom is 0.180 e. The lowest BCUT2D eigenvalue weighted by atomic mass is 9.91. The fourth-order valence-electron chi connectivity index (χ4n) is 2.71. The molecule has 0 aliphatic heterocycles. The van der Waals surface area contributed by atoms with Gasteiger partial charge in [0.15, 0.2) is 11.5 Å². The molecule has 0 unspecified atom stereocenters. The molecule has 2 aromatic heterocycles. The predicted molar refractivity (Wildman–Crippen MR) is 83.8 cm³/mol. The SMILES string of the molecule is CCCNc1cn2ccnc2c(N(CCO)C2CCC2)n1. The summed E-state index contributed by atoms with van der Waals surface area (Å²) in [5.74, 6) is 1.74. The van der Waals surface area contributed by atoms with Gasteiger partial charge in [-0.05, 0) is 25.7 Å². The lowest BCUT2D eigenvalue weighted by molar-refractivity contribution is 0.283. The molecule has 6 nitrogen and oxygen atoms in total. The topological polar surface area (TPSA) is 65.7 Å². The molecule has 0 saturated heterocycles. The first-order valence-electron chi connectivity index (χ1n) is 7.78. The van der Waals surface area contributed by atoms with Crippen LogP contribution < -0.4 is 10.2 Å². The highest BCUT2D eigenvalue weighted by atomic mass is 16.3. The number of aliphatic hydroxyl groups is 1. The lowest BCUT2D eigenvalue weighted by Crippen LogP contribution is -2.42. The molecule has 0 atom stereocenters. The molecule has 0 bridgehead atoms.